The van der Waals surface area contributed by atoms with E-state index in [1.54, 1.807) is 6.08 Å². The fraction of sp³-hybridized carbons (Fsp3) is 0.556. The van der Waals surface area contributed by atoms with Crippen molar-refractivity contribution in [1.82, 2.24) is 0 Å². The lowest BCUT2D eigenvalue weighted by molar-refractivity contribution is 0.0460. The molecule has 0 bridgehead atoms. The van der Waals surface area contributed by atoms with E-state index in [2.05, 4.69) is 0 Å². The summed E-state index contributed by atoms with van der Waals surface area (Å²) in [6.07, 6.45) is 5.28. The lowest BCUT2D eigenvalue weighted by Gasteiger charge is -2.11. The fourth-order valence-corrected chi connectivity index (χ4v) is 0.777. The number of nitrogens with two attached hydrogens (primary N) is 2. The van der Waals surface area contributed by atoms with Crippen LogP contribution in [0.5, 0.6) is 0 Å². The summed E-state index contributed by atoms with van der Waals surface area (Å²) in [5.74, 6) is 0. The third kappa shape index (κ3) is 5.80. The topological polar surface area (TPSA) is 61.3 Å². The molecule has 0 aliphatic carbocycles. The lowest BCUT2D eigenvalue weighted by Crippen LogP contribution is -2.11. The Balaban J connectivity index is 3.83. The maximum Gasteiger partial charge on any atom is 0.0734 e. The molecule has 0 heterocycles. The number of ether oxygens (including phenoxy) is 1. The van der Waals surface area contributed by atoms with E-state index >= 15 is 0 Å². The van der Waals surface area contributed by atoms with E-state index in [0.29, 0.717) is 5.70 Å². The molecule has 0 saturated heterocycles. The second-order valence-corrected chi connectivity index (χ2v) is 2.92. The van der Waals surface area contributed by atoms with Crippen LogP contribution in [0.1, 0.15) is 20.8 Å². The van der Waals surface area contributed by atoms with Gasteiger partial charge < -0.3 is 16.2 Å². The first-order chi connectivity index (χ1) is 5.56. The SMILES string of the molecule is CC(C)OC(C)/C=C\C(N)=C/N. The largest absolute Gasteiger partial charge is 0.403 e. The van der Waals surface area contributed by atoms with Crippen LogP contribution < -0.4 is 11.5 Å². The highest BCUT2D eigenvalue weighted by molar-refractivity contribution is 5.14. The molecule has 0 aliphatic heterocycles. The Morgan fingerprint density at radius 3 is 2.33 bits per heavy atom. The zero-order valence-corrected chi connectivity index (χ0v) is 7.95. The van der Waals surface area contributed by atoms with Crippen molar-refractivity contribution >= 4 is 0 Å². The van der Waals surface area contributed by atoms with Gasteiger partial charge in [-0.05, 0) is 26.8 Å². The van der Waals surface area contributed by atoms with Crippen LogP contribution in [0.25, 0.3) is 0 Å². The molecule has 0 saturated carbocycles. The van der Waals surface area contributed by atoms with E-state index in [1.165, 1.54) is 6.20 Å². The van der Waals surface area contributed by atoms with Crippen LogP contribution in [0.3, 0.4) is 0 Å². The average molecular weight is 170 g/mol. The molecule has 0 amide bonds. The first-order valence-corrected chi connectivity index (χ1v) is 4.07. The molecule has 1 unspecified atom stereocenters. The molecular weight excluding hydrogens is 152 g/mol. The molecule has 0 radical (unpaired) electrons. The highest BCUT2D eigenvalue weighted by atomic mass is 16.5. The zero-order valence-electron chi connectivity index (χ0n) is 7.95. The van der Waals surface area contributed by atoms with Crippen molar-refractivity contribution in [3.63, 3.8) is 0 Å². The van der Waals surface area contributed by atoms with E-state index in [1.807, 2.05) is 26.8 Å². The summed E-state index contributed by atoms with van der Waals surface area (Å²) in [5.41, 5.74) is 11.2. The molecule has 0 spiro atoms. The molecular formula is C9H18N2O. The van der Waals surface area contributed by atoms with Crippen LogP contribution in [-0.4, -0.2) is 12.2 Å². The van der Waals surface area contributed by atoms with Crippen LogP contribution in [0.4, 0.5) is 0 Å². The lowest BCUT2D eigenvalue weighted by atomic mass is 10.3. The summed E-state index contributed by atoms with van der Waals surface area (Å²) < 4.78 is 5.43. The highest BCUT2D eigenvalue weighted by Gasteiger charge is 1.98. The predicted octanol–water partition coefficient (Wildman–Crippen LogP) is 1.11. The van der Waals surface area contributed by atoms with Gasteiger partial charge in [0.25, 0.3) is 0 Å². The molecule has 0 aromatic carbocycles. The van der Waals surface area contributed by atoms with Crippen LogP contribution in [-0.2, 0) is 4.74 Å². The molecule has 0 aliphatic rings. The number of hydrogen-bond donors (Lipinski definition) is 2. The number of rotatable bonds is 4. The molecule has 0 aromatic rings. The van der Waals surface area contributed by atoms with Crippen molar-refractivity contribution in [2.24, 2.45) is 11.5 Å². The van der Waals surface area contributed by atoms with Gasteiger partial charge in [0.05, 0.1) is 12.2 Å². The molecule has 1 atom stereocenters. The van der Waals surface area contributed by atoms with Crippen LogP contribution >= 0.6 is 0 Å². The predicted molar refractivity (Wildman–Crippen MR) is 51.3 cm³/mol. The smallest absolute Gasteiger partial charge is 0.0734 e. The summed E-state index contributed by atoms with van der Waals surface area (Å²) in [4.78, 5) is 0. The summed E-state index contributed by atoms with van der Waals surface area (Å²) in [6, 6.07) is 0. The molecule has 12 heavy (non-hydrogen) atoms. The van der Waals surface area contributed by atoms with Crippen molar-refractivity contribution < 1.29 is 4.74 Å². The Morgan fingerprint density at radius 2 is 1.92 bits per heavy atom. The molecule has 3 heteroatoms. The van der Waals surface area contributed by atoms with E-state index in [0.717, 1.165) is 0 Å². The molecule has 3 nitrogen and oxygen atoms in total. The minimum Gasteiger partial charge on any atom is -0.403 e. The molecule has 0 rings (SSSR count). The zero-order chi connectivity index (χ0) is 9.56. The Morgan fingerprint density at radius 1 is 1.33 bits per heavy atom. The molecule has 0 fully saturated rings. The van der Waals surface area contributed by atoms with Crippen LogP contribution in [0.15, 0.2) is 24.0 Å². The minimum absolute atomic E-state index is 0.0727. The van der Waals surface area contributed by atoms with Crippen molar-refractivity contribution in [3.8, 4) is 0 Å². The van der Waals surface area contributed by atoms with Gasteiger partial charge in [-0.25, -0.2) is 0 Å². The van der Waals surface area contributed by atoms with Gasteiger partial charge in [-0.1, -0.05) is 6.08 Å². The van der Waals surface area contributed by atoms with Crippen molar-refractivity contribution in [3.05, 3.63) is 24.0 Å². The van der Waals surface area contributed by atoms with Crippen LogP contribution in [0, 0.1) is 0 Å². The normalized spacial score (nSPS) is 15.8. The summed E-state index contributed by atoms with van der Waals surface area (Å²) in [6.45, 7) is 5.94. The quantitative estimate of drug-likeness (QED) is 0.621. The van der Waals surface area contributed by atoms with E-state index in [-0.39, 0.29) is 12.2 Å². The summed E-state index contributed by atoms with van der Waals surface area (Å²) in [5, 5.41) is 0. The maximum absolute atomic E-state index is 5.45. The van der Waals surface area contributed by atoms with E-state index in [4.69, 9.17) is 16.2 Å². The third-order valence-electron chi connectivity index (χ3n) is 1.24. The Hall–Kier alpha value is -0.960. The van der Waals surface area contributed by atoms with E-state index < -0.39 is 0 Å². The van der Waals surface area contributed by atoms with Gasteiger partial charge >= 0.3 is 0 Å². The monoisotopic (exact) mass is 170 g/mol. The first-order valence-electron chi connectivity index (χ1n) is 4.07. The maximum atomic E-state index is 5.45. The third-order valence-corrected chi connectivity index (χ3v) is 1.24. The molecule has 4 N–H and O–H groups in total. The first kappa shape index (κ1) is 11.0. The number of allylic oxidation sites excluding steroid dienone is 1. The highest BCUT2D eigenvalue weighted by Crippen LogP contribution is 1.99. The fourth-order valence-electron chi connectivity index (χ4n) is 0.777. The van der Waals surface area contributed by atoms with Gasteiger partial charge in [0.15, 0.2) is 0 Å². The average Bonchev–Trinajstić information content (AvgIpc) is 1.99. The van der Waals surface area contributed by atoms with Gasteiger partial charge in [0, 0.05) is 11.9 Å². The second-order valence-electron chi connectivity index (χ2n) is 2.92. The minimum atomic E-state index is 0.0727. The second kappa shape index (κ2) is 5.66. The Bertz CT molecular complexity index is 173. The Kier molecular flexibility index (Phi) is 5.21. The van der Waals surface area contributed by atoms with Gasteiger partial charge in [-0.3, -0.25) is 0 Å². The summed E-state index contributed by atoms with van der Waals surface area (Å²) >= 11 is 0. The summed E-state index contributed by atoms with van der Waals surface area (Å²) in [7, 11) is 0. The Labute approximate surface area is 74.1 Å². The molecule has 70 valence electrons. The van der Waals surface area contributed by atoms with Gasteiger partial charge in [-0.15, -0.1) is 0 Å². The van der Waals surface area contributed by atoms with Crippen LogP contribution in [0.2, 0.25) is 0 Å². The number of hydrogen-bond acceptors (Lipinski definition) is 3. The standard InChI is InChI=1S/C9H18N2O/c1-7(2)12-8(3)4-5-9(11)6-10/h4-8H,10-11H2,1-3H3/b5-4-,9-6+. The van der Waals surface area contributed by atoms with Crippen molar-refractivity contribution in [2.45, 2.75) is 33.0 Å². The van der Waals surface area contributed by atoms with Crippen molar-refractivity contribution in [1.29, 1.82) is 0 Å². The van der Waals surface area contributed by atoms with Gasteiger partial charge in [0.2, 0.25) is 0 Å². The van der Waals surface area contributed by atoms with E-state index in [9.17, 15) is 0 Å². The van der Waals surface area contributed by atoms with Crippen molar-refractivity contribution in [2.75, 3.05) is 0 Å². The van der Waals surface area contributed by atoms with Gasteiger partial charge in [0.1, 0.15) is 0 Å². The van der Waals surface area contributed by atoms with Gasteiger partial charge in [-0.2, -0.15) is 0 Å². The molecule has 0 aromatic heterocycles.